The summed E-state index contributed by atoms with van der Waals surface area (Å²) in [5, 5.41) is 0. The molecule has 0 atom stereocenters. The van der Waals surface area contributed by atoms with E-state index in [-0.39, 0.29) is 39.5 Å². The molecule has 0 N–H and O–H groups in total. The van der Waals surface area contributed by atoms with Crippen LogP contribution in [0.4, 0.5) is 0 Å². The third-order valence-corrected chi connectivity index (χ3v) is 0. The first-order valence-corrected chi connectivity index (χ1v) is 2.00. The number of rotatable bonds is 0. The van der Waals surface area contributed by atoms with Crippen LogP contribution in [0.3, 0.4) is 0 Å². The standard InChI is InChI=1S/Mg.Ni.H2O4S/c;;1-5(2,3)4/h;;(H2,1,2,3,4)/q+2;;/p-2. The van der Waals surface area contributed by atoms with Gasteiger partial charge in [0.1, 0.15) is 0 Å². The Bertz CT molecular complexity index is 94.9. The van der Waals surface area contributed by atoms with Crippen molar-refractivity contribution in [1.82, 2.24) is 0 Å². The van der Waals surface area contributed by atoms with E-state index in [0.717, 1.165) is 0 Å². The normalized spacial score (nSPS) is 8.29. The molecule has 0 saturated heterocycles. The van der Waals surface area contributed by atoms with Crippen LogP contribution in [0.2, 0.25) is 0 Å². The Labute approximate surface area is 67.3 Å². The molecule has 0 aromatic rings. The Morgan fingerprint density at radius 1 is 1.14 bits per heavy atom. The molecule has 7 heavy (non-hydrogen) atoms. The summed E-state index contributed by atoms with van der Waals surface area (Å²) in [5.74, 6) is 0. The van der Waals surface area contributed by atoms with E-state index in [1.54, 1.807) is 0 Å². The molecule has 0 aliphatic carbocycles. The molecule has 0 fully saturated rings. The summed E-state index contributed by atoms with van der Waals surface area (Å²) in [6.45, 7) is 0. The summed E-state index contributed by atoms with van der Waals surface area (Å²) in [6.07, 6.45) is 0. The maximum atomic E-state index is 8.52. The van der Waals surface area contributed by atoms with Crippen molar-refractivity contribution in [3.63, 3.8) is 0 Å². The third-order valence-electron chi connectivity index (χ3n) is 0. The predicted molar refractivity (Wildman–Crippen MR) is 16.2 cm³/mol. The van der Waals surface area contributed by atoms with Crippen molar-refractivity contribution in [1.29, 1.82) is 0 Å². The molecule has 0 spiro atoms. The molecule has 0 bridgehead atoms. The van der Waals surface area contributed by atoms with Crippen LogP contribution in [0.15, 0.2) is 0 Å². The molecule has 0 amide bonds. The van der Waals surface area contributed by atoms with E-state index in [1.165, 1.54) is 0 Å². The summed E-state index contributed by atoms with van der Waals surface area (Å²) in [6, 6.07) is 0. The van der Waals surface area contributed by atoms with Gasteiger partial charge in [0.15, 0.2) is 0 Å². The minimum atomic E-state index is -5.17. The first-order valence-electron chi connectivity index (χ1n) is 0.667. The molecular formula is MgNiO4S. The van der Waals surface area contributed by atoms with Gasteiger partial charge in [-0.05, 0) is 0 Å². The van der Waals surface area contributed by atoms with Gasteiger partial charge in [-0.1, -0.05) is 0 Å². The van der Waals surface area contributed by atoms with E-state index in [2.05, 4.69) is 0 Å². The fourth-order valence-electron chi connectivity index (χ4n) is 0. The zero-order valence-electron chi connectivity index (χ0n) is 3.06. The molecule has 4 nitrogen and oxygen atoms in total. The molecule has 0 unspecified atom stereocenters. The average molecular weight is 179 g/mol. The van der Waals surface area contributed by atoms with Crippen LogP contribution in [0.5, 0.6) is 0 Å². The van der Waals surface area contributed by atoms with Crippen molar-refractivity contribution < 1.29 is 34.0 Å². The van der Waals surface area contributed by atoms with Crippen molar-refractivity contribution >= 4 is 33.5 Å². The Balaban J connectivity index is -0.0000000800. The molecular weight excluding hydrogens is 179 g/mol. The van der Waals surface area contributed by atoms with Gasteiger partial charge in [0.05, 0.1) is 0 Å². The Morgan fingerprint density at radius 2 is 1.14 bits per heavy atom. The molecule has 7 heteroatoms. The van der Waals surface area contributed by atoms with Gasteiger partial charge in [-0.15, -0.1) is 0 Å². The largest absolute Gasteiger partial charge is 2.00 e. The van der Waals surface area contributed by atoms with Crippen molar-refractivity contribution in [2.45, 2.75) is 0 Å². The second-order valence-corrected chi connectivity index (χ2v) is 1.22. The van der Waals surface area contributed by atoms with Crippen LogP contribution in [-0.2, 0) is 26.9 Å². The fraction of sp³-hybridized carbons (Fsp3) is 0. The van der Waals surface area contributed by atoms with Crippen LogP contribution in [0, 0.1) is 0 Å². The van der Waals surface area contributed by atoms with Crippen LogP contribution in [0.1, 0.15) is 0 Å². The first-order chi connectivity index (χ1) is 2.00. The fourth-order valence-corrected chi connectivity index (χ4v) is 0. The minimum absolute atomic E-state index is 0. The van der Waals surface area contributed by atoms with Crippen LogP contribution >= 0.6 is 0 Å². The number of hydrogen-bond donors (Lipinski definition) is 0. The first kappa shape index (κ1) is 15.7. The molecule has 0 heterocycles. The topological polar surface area (TPSA) is 80.3 Å². The molecule has 0 aromatic heterocycles. The Morgan fingerprint density at radius 3 is 1.14 bits per heavy atom. The van der Waals surface area contributed by atoms with Gasteiger partial charge in [0.25, 0.3) is 0 Å². The smallest absolute Gasteiger partial charge is 0.759 e. The van der Waals surface area contributed by atoms with Gasteiger partial charge in [-0.25, -0.2) is 0 Å². The Hall–Kier alpha value is 1.13. The van der Waals surface area contributed by atoms with Crippen LogP contribution < -0.4 is 0 Å². The van der Waals surface area contributed by atoms with Crippen molar-refractivity contribution in [2.75, 3.05) is 0 Å². The summed E-state index contributed by atoms with van der Waals surface area (Å²) < 4.78 is 34.1. The summed E-state index contributed by atoms with van der Waals surface area (Å²) in [5.41, 5.74) is 0. The van der Waals surface area contributed by atoms with Gasteiger partial charge >= 0.3 is 23.1 Å². The van der Waals surface area contributed by atoms with E-state index in [4.69, 9.17) is 17.5 Å². The maximum Gasteiger partial charge on any atom is 2.00 e. The second-order valence-electron chi connectivity index (χ2n) is 0.408. The van der Waals surface area contributed by atoms with Gasteiger partial charge < -0.3 is 9.11 Å². The van der Waals surface area contributed by atoms with Gasteiger partial charge in [-0.3, -0.25) is 8.42 Å². The molecule has 42 valence electrons. The molecule has 0 aromatic carbocycles. The summed E-state index contributed by atoms with van der Waals surface area (Å²) >= 11 is 0. The quantitative estimate of drug-likeness (QED) is 0.251. The third kappa shape index (κ3) is 147. The van der Waals surface area contributed by atoms with Gasteiger partial charge in [-0.2, -0.15) is 0 Å². The van der Waals surface area contributed by atoms with E-state index in [1.807, 2.05) is 0 Å². The molecule has 0 aliphatic heterocycles. The zero-order valence-corrected chi connectivity index (χ0v) is 6.28. The SMILES string of the molecule is O=S(=O)([O-])[O-].[Mg+2].[Ni]. The predicted octanol–water partition coefficient (Wildman–Crippen LogP) is -1.72. The molecule has 0 radical (unpaired) electrons. The van der Waals surface area contributed by atoms with Crippen molar-refractivity contribution in [3.8, 4) is 0 Å². The molecule has 0 saturated carbocycles. The van der Waals surface area contributed by atoms with E-state index in [0.29, 0.717) is 0 Å². The van der Waals surface area contributed by atoms with Gasteiger partial charge in [0.2, 0.25) is 0 Å². The van der Waals surface area contributed by atoms with Crippen LogP contribution in [-0.4, -0.2) is 40.6 Å². The van der Waals surface area contributed by atoms with Crippen LogP contribution in [0.25, 0.3) is 0 Å². The van der Waals surface area contributed by atoms with Gasteiger partial charge in [0, 0.05) is 26.9 Å². The van der Waals surface area contributed by atoms with Crippen molar-refractivity contribution in [3.05, 3.63) is 0 Å². The van der Waals surface area contributed by atoms with E-state index in [9.17, 15) is 0 Å². The van der Waals surface area contributed by atoms with E-state index >= 15 is 0 Å². The van der Waals surface area contributed by atoms with Crippen molar-refractivity contribution in [2.24, 2.45) is 0 Å². The monoisotopic (exact) mass is 178 g/mol. The maximum absolute atomic E-state index is 8.52. The molecule has 0 aliphatic rings. The average Bonchev–Trinajstić information content (AvgIpc) is 0.722. The molecule has 0 rings (SSSR count). The van der Waals surface area contributed by atoms with E-state index < -0.39 is 10.4 Å². The summed E-state index contributed by atoms with van der Waals surface area (Å²) in [4.78, 5) is 0. The minimum Gasteiger partial charge on any atom is -0.759 e. The summed E-state index contributed by atoms with van der Waals surface area (Å²) in [7, 11) is -5.17. The number of hydrogen-bond acceptors (Lipinski definition) is 4. The second kappa shape index (κ2) is 5.27. The zero-order chi connectivity index (χ0) is 4.50. The Kier molecular flexibility index (Phi) is 11.8.